The number of likely N-dealkylation sites (tertiary alicyclic amines) is 1. The zero-order chi connectivity index (χ0) is 34.9. The Balaban J connectivity index is 1.13. The highest BCUT2D eigenvalue weighted by atomic mass is 32.2. The van der Waals surface area contributed by atoms with Crippen LogP contribution in [0.4, 0.5) is 4.39 Å². The van der Waals surface area contributed by atoms with Gasteiger partial charge in [-0.15, -0.1) is 0 Å². The fourth-order valence-electron chi connectivity index (χ4n) is 8.20. The third-order valence-corrected chi connectivity index (χ3v) is 13.1. The average molecular weight is 693 g/mol. The Kier molecular flexibility index (Phi) is 10.4. The van der Waals surface area contributed by atoms with E-state index >= 15 is 0 Å². The second-order valence-electron chi connectivity index (χ2n) is 14.2. The molecule has 3 saturated heterocycles. The molecule has 49 heavy (non-hydrogen) atoms. The summed E-state index contributed by atoms with van der Waals surface area (Å²) in [4.78, 5) is 29.3. The van der Waals surface area contributed by atoms with E-state index in [0.29, 0.717) is 61.7 Å². The van der Waals surface area contributed by atoms with E-state index < -0.39 is 10.0 Å². The number of rotatable bonds is 8. The number of methoxy groups -OCH3 is 1. The number of hydrogen-bond acceptors (Lipinski definition) is 8. The molecule has 3 fully saturated rings. The maximum atomic E-state index is 14.7. The Morgan fingerprint density at radius 1 is 0.959 bits per heavy atom. The highest BCUT2D eigenvalue weighted by Crippen LogP contribution is 2.40. The molecule has 12 heteroatoms. The first-order chi connectivity index (χ1) is 23.4. The third kappa shape index (κ3) is 7.24. The average Bonchev–Trinajstić information content (AvgIpc) is 3.09. The summed E-state index contributed by atoms with van der Waals surface area (Å²) in [6.07, 6.45) is 4.65. The van der Waals surface area contributed by atoms with Crippen molar-refractivity contribution in [3.05, 3.63) is 83.2 Å². The van der Waals surface area contributed by atoms with Crippen molar-refractivity contribution in [3.8, 4) is 5.75 Å². The highest BCUT2D eigenvalue weighted by Gasteiger charge is 2.43. The summed E-state index contributed by atoms with van der Waals surface area (Å²) in [5, 5.41) is 0. The quantitative estimate of drug-likeness (QED) is 0.323. The van der Waals surface area contributed by atoms with Crippen LogP contribution in [0.15, 0.2) is 59.8 Å². The summed E-state index contributed by atoms with van der Waals surface area (Å²) >= 11 is 0. The van der Waals surface area contributed by atoms with E-state index in [9.17, 15) is 17.6 Å². The second kappa shape index (κ2) is 14.4. The molecule has 2 atom stereocenters. The Morgan fingerprint density at radius 2 is 1.61 bits per heavy atom. The van der Waals surface area contributed by atoms with Crippen molar-refractivity contribution in [2.24, 2.45) is 5.92 Å². The molecule has 4 heterocycles. The van der Waals surface area contributed by atoms with E-state index in [2.05, 4.69) is 33.6 Å². The number of piperidine rings is 2. The Morgan fingerprint density at radius 3 is 2.20 bits per heavy atom. The molecule has 6 rings (SSSR count). The minimum atomic E-state index is -3.63. The van der Waals surface area contributed by atoms with Crippen LogP contribution < -0.4 is 4.74 Å². The fraction of sp³-hybridized carbons (Fsp3) is 0.541. The number of carbonyl (C=O) groups is 1. The van der Waals surface area contributed by atoms with Crippen molar-refractivity contribution in [2.75, 3.05) is 52.9 Å². The van der Waals surface area contributed by atoms with Crippen LogP contribution in [0.3, 0.4) is 0 Å². The minimum Gasteiger partial charge on any atom is -0.497 e. The molecule has 1 aromatic heterocycles. The molecule has 3 aliphatic heterocycles. The summed E-state index contributed by atoms with van der Waals surface area (Å²) in [7, 11) is -2.08. The molecule has 2 aromatic carbocycles. The molecule has 1 amide bonds. The number of piperazine rings is 1. The smallest absolute Gasteiger partial charge is 0.257 e. The van der Waals surface area contributed by atoms with Crippen LogP contribution >= 0.6 is 0 Å². The van der Waals surface area contributed by atoms with Crippen LogP contribution in [-0.4, -0.2) is 108 Å². The molecule has 0 saturated carbocycles. The van der Waals surface area contributed by atoms with Gasteiger partial charge in [-0.1, -0.05) is 12.1 Å². The number of carbonyl (C=O) groups excluding carboxylic acids is 1. The number of benzene rings is 2. The lowest BCUT2D eigenvalue weighted by molar-refractivity contribution is -0.0422. The van der Waals surface area contributed by atoms with Gasteiger partial charge in [0.05, 0.1) is 29.0 Å². The Hall–Kier alpha value is -3.45. The lowest BCUT2D eigenvalue weighted by Crippen LogP contribution is -2.63. The maximum absolute atomic E-state index is 14.7. The van der Waals surface area contributed by atoms with E-state index in [1.807, 2.05) is 24.8 Å². The number of hydrogen-bond donors (Lipinski definition) is 0. The number of amides is 1. The monoisotopic (exact) mass is 692 g/mol. The van der Waals surface area contributed by atoms with E-state index in [0.717, 1.165) is 38.0 Å². The van der Waals surface area contributed by atoms with Crippen LogP contribution in [0.25, 0.3) is 0 Å². The molecule has 0 spiro atoms. The van der Waals surface area contributed by atoms with Crippen LogP contribution in [0, 0.1) is 25.6 Å². The molecule has 3 aliphatic rings. The van der Waals surface area contributed by atoms with E-state index in [4.69, 9.17) is 4.74 Å². The van der Waals surface area contributed by atoms with Gasteiger partial charge in [-0.05, 0) is 101 Å². The van der Waals surface area contributed by atoms with Gasteiger partial charge in [-0.3, -0.25) is 14.6 Å². The first-order valence-corrected chi connectivity index (χ1v) is 18.8. The van der Waals surface area contributed by atoms with Gasteiger partial charge in [0.25, 0.3) is 5.91 Å². The molecule has 0 bridgehead atoms. The van der Waals surface area contributed by atoms with Crippen LogP contribution in [-0.2, 0) is 10.0 Å². The van der Waals surface area contributed by atoms with E-state index in [1.54, 1.807) is 47.8 Å². The maximum Gasteiger partial charge on any atom is 0.257 e. The number of aromatic nitrogens is 2. The second-order valence-corrected chi connectivity index (χ2v) is 16.1. The molecule has 0 unspecified atom stereocenters. The van der Waals surface area contributed by atoms with Crippen molar-refractivity contribution >= 4 is 15.9 Å². The standard InChI is InChI=1S/C37H49FN6O4S/c1-26-24-42(37(4)15-19-41(20-16-37)36(45)34-27(2)39-25-40-28(34)3)21-22-44(26)35(30-7-6-8-31(38)23-30)29-13-17-43(18-14-29)49(46,47)33-11-9-32(48-5)10-12-33/h6-12,23,25-26,29,35H,13-22,24H2,1-5H3/t26-,35-/m0/s1. The third-order valence-electron chi connectivity index (χ3n) is 11.2. The minimum absolute atomic E-state index is 0.0108. The summed E-state index contributed by atoms with van der Waals surface area (Å²) in [6.45, 7) is 13.1. The lowest BCUT2D eigenvalue weighted by atomic mass is 9.82. The largest absolute Gasteiger partial charge is 0.497 e. The molecular weight excluding hydrogens is 644 g/mol. The Bertz CT molecular complexity index is 1720. The molecular formula is C37H49FN6O4S. The highest BCUT2D eigenvalue weighted by molar-refractivity contribution is 7.89. The van der Waals surface area contributed by atoms with Gasteiger partial charge in [0, 0.05) is 63.4 Å². The predicted molar refractivity (Wildman–Crippen MR) is 186 cm³/mol. The van der Waals surface area contributed by atoms with Gasteiger partial charge in [0.2, 0.25) is 10.0 Å². The first-order valence-electron chi connectivity index (χ1n) is 17.4. The first kappa shape index (κ1) is 35.4. The molecule has 0 aliphatic carbocycles. The number of aryl methyl sites for hydroxylation is 2. The van der Waals surface area contributed by atoms with Crippen molar-refractivity contribution in [3.63, 3.8) is 0 Å². The van der Waals surface area contributed by atoms with Gasteiger partial charge >= 0.3 is 0 Å². The topological polar surface area (TPSA) is 99.2 Å². The van der Waals surface area contributed by atoms with Gasteiger partial charge in [0.15, 0.2) is 0 Å². The van der Waals surface area contributed by atoms with Gasteiger partial charge in [-0.25, -0.2) is 22.8 Å². The van der Waals surface area contributed by atoms with Crippen molar-refractivity contribution in [1.29, 1.82) is 0 Å². The van der Waals surface area contributed by atoms with Crippen molar-refractivity contribution < 1.29 is 22.3 Å². The summed E-state index contributed by atoms with van der Waals surface area (Å²) in [6, 6.07) is 13.6. The number of sulfonamides is 1. The van der Waals surface area contributed by atoms with Gasteiger partial charge in [-0.2, -0.15) is 4.31 Å². The molecule has 0 N–H and O–H groups in total. The molecule has 3 aromatic rings. The van der Waals surface area contributed by atoms with Crippen molar-refractivity contribution in [2.45, 2.75) is 75.9 Å². The zero-order valence-corrected chi connectivity index (χ0v) is 30.1. The van der Waals surface area contributed by atoms with Crippen LogP contribution in [0.1, 0.15) is 72.9 Å². The lowest BCUT2D eigenvalue weighted by Gasteiger charge is -2.54. The normalized spacial score (nSPS) is 22.2. The number of halogens is 1. The van der Waals surface area contributed by atoms with Crippen LogP contribution in [0.2, 0.25) is 0 Å². The number of ether oxygens (including phenoxy) is 1. The number of nitrogens with zero attached hydrogens (tertiary/aromatic N) is 6. The molecule has 10 nitrogen and oxygen atoms in total. The summed E-state index contributed by atoms with van der Waals surface area (Å²) in [5.74, 6) is 0.547. The zero-order valence-electron chi connectivity index (χ0n) is 29.3. The summed E-state index contributed by atoms with van der Waals surface area (Å²) in [5.41, 5.74) is 2.96. The van der Waals surface area contributed by atoms with Gasteiger partial charge in [0.1, 0.15) is 17.9 Å². The SMILES string of the molecule is COc1ccc(S(=O)(=O)N2CCC([C@@H](c3cccc(F)c3)N3CCN(C4(C)CCN(C(=O)c5c(C)ncnc5C)CC4)C[C@@H]3C)CC2)cc1. The van der Waals surface area contributed by atoms with Gasteiger partial charge < -0.3 is 9.64 Å². The van der Waals surface area contributed by atoms with E-state index in [1.165, 1.54) is 12.4 Å². The fourth-order valence-corrected chi connectivity index (χ4v) is 9.67. The Labute approximate surface area is 290 Å². The van der Waals surface area contributed by atoms with Crippen molar-refractivity contribution in [1.82, 2.24) is 29.0 Å². The predicted octanol–water partition coefficient (Wildman–Crippen LogP) is 5.08. The molecule has 0 radical (unpaired) electrons. The molecule has 264 valence electrons. The van der Waals surface area contributed by atoms with E-state index in [-0.39, 0.29) is 40.2 Å². The van der Waals surface area contributed by atoms with Crippen LogP contribution in [0.5, 0.6) is 5.75 Å². The summed E-state index contributed by atoms with van der Waals surface area (Å²) < 4.78 is 48.4.